The third kappa shape index (κ3) is 3.18. The number of aldehydes is 1. The lowest BCUT2D eigenvalue weighted by molar-refractivity contribution is -0.417. The van der Waals surface area contributed by atoms with Crippen LogP contribution >= 0.6 is 0 Å². The molecular formula is C10H10N2O4. The summed E-state index contributed by atoms with van der Waals surface area (Å²) in [4.78, 5) is 19.8. The van der Waals surface area contributed by atoms with Crippen molar-refractivity contribution in [3.8, 4) is 0 Å². The van der Waals surface area contributed by atoms with Crippen LogP contribution in [0.4, 0.5) is 5.69 Å². The summed E-state index contributed by atoms with van der Waals surface area (Å²) in [7, 11) is 0. The number of benzene rings is 1. The smallest absolute Gasteiger partial charge is 0.324 e. The Bertz CT molecular complexity index is 429. The lowest BCUT2D eigenvalue weighted by Gasteiger charge is -2.02. The van der Waals surface area contributed by atoms with Gasteiger partial charge in [0, 0.05) is 5.69 Å². The number of aliphatic hydroxyl groups excluding tert-OH is 1. The van der Waals surface area contributed by atoms with Gasteiger partial charge in [-0.25, -0.2) is 0 Å². The van der Waals surface area contributed by atoms with Crippen LogP contribution in [-0.2, 0) is 11.4 Å². The lowest BCUT2D eigenvalue weighted by Crippen LogP contribution is -2.03. The second kappa shape index (κ2) is 5.62. The van der Waals surface area contributed by atoms with Crippen molar-refractivity contribution in [3.05, 3.63) is 51.8 Å². The maximum absolute atomic E-state index is 10.3. The molecule has 0 bridgehead atoms. The van der Waals surface area contributed by atoms with Gasteiger partial charge in [0.25, 0.3) is 0 Å². The topological polar surface area (TPSA) is 92.5 Å². The van der Waals surface area contributed by atoms with E-state index in [1.165, 1.54) is 0 Å². The van der Waals surface area contributed by atoms with Crippen LogP contribution in [0.15, 0.2) is 36.2 Å². The molecule has 0 aromatic heterocycles. The van der Waals surface area contributed by atoms with Crippen molar-refractivity contribution in [2.75, 3.05) is 5.32 Å². The van der Waals surface area contributed by atoms with E-state index in [0.717, 1.165) is 6.20 Å². The quantitative estimate of drug-likeness (QED) is 0.334. The SMILES string of the molecule is O=CC(=CNc1cccc(CO)c1)[N+](=O)[O-]. The molecule has 2 N–H and O–H groups in total. The maximum atomic E-state index is 10.3. The van der Waals surface area contributed by atoms with Crippen LogP contribution in [0.5, 0.6) is 0 Å². The summed E-state index contributed by atoms with van der Waals surface area (Å²) in [5.74, 6) is 0. The first-order valence-electron chi connectivity index (χ1n) is 4.43. The largest absolute Gasteiger partial charge is 0.392 e. The summed E-state index contributed by atoms with van der Waals surface area (Å²) >= 11 is 0. The Morgan fingerprint density at radius 3 is 2.88 bits per heavy atom. The van der Waals surface area contributed by atoms with Gasteiger partial charge in [0.1, 0.15) is 0 Å². The highest BCUT2D eigenvalue weighted by molar-refractivity contribution is 5.70. The molecule has 0 radical (unpaired) electrons. The van der Waals surface area contributed by atoms with Crippen LogP contribution in [0.1, 0.15) is 5.56 Å². The van der Waals surface area contributed by atoms with E-state index in [2.05, 4.69) is 5.32 Å². The Labute approximate surface area is 91.4 Å². The molecule has 0 unspecified atom stereocenters. The predicted molar refractivity (Wildman–Crippen MR) is 57.1 cm³/mol. The van der Waals surface area contributed by atoms with Crippen LogP contribution < -0.4 is 5.32 Å². The first-order chi connectivity index (χ1) is 7.67. The molecule has 0 spiro atoms. The summed E-state index contributed by atoms with van der Waals surface area (Å²) in [6, 6.07) is 6.69. The molecular weight excluding hydrogens is 212 g/mol. The minimum Gasteiger partial charge on any atom is -0.392 e. The number of nitrogens with zero attached hydrogens (tertiary/aromatic N) is 1. The number of nitrogens with one attached hydrogen (secondary N) is 1. The van der Waals surface area contributed by atoms with Gasteiger partial charge >= 0.3 is 5.70 Å². The lowest BCUT2D eigenvalue weighted by atomic mass is 10.2. The third-order valence-corrected chi connectivity index (χ3v) is 1.83. The fraction of sp³-hybridized carbons (Fsp3) is 0.100. The highest BCUT2D eigenvalue weighted by Gasteiger charge is 2.07. The summed E-state index contributed by atoms with van der Waals surface area (Å²) in [5, 5.41) is 21.8. The zero-order chi connectivity index (χ0) is 12.0. The molecule has 1 rings (SSSR count). The number of aliphatic hydroxyl groups is 1. The van der Waals surface area contributed by atoms with Crippen LogP contribution in [0.3, 0.4) is 0 Å². The zero-order valence-electron chi connectivity index (χ0n) is 8.29. The van der Waals surface area contributed by atoms with Crippen molar-refractivity contribution in [1.82, 2.24) is 0 Å². The normalized spacial score (nSPS) is 10.9. The number of anilines is 1. The van der Waals surface area contributed by atoms with Crippen molar-refractivity contribution in [3.63, 3.8) is 0 Å². The first-order valence-corrected chi connectivity index (χ1v) is 4.43. The molecule has 0 aliphatic heterocycles. The van der Waals surface area contributed by atoms with Crippen LogP contribution in [-0.4, -0.2) is 16.3 Å². The van der Waals surface area contributed by atoms with Gasteiger partial charge < -0.3 is 10.4 Å². The molecule has 0 aliphatic rings. The molecule has 6 heteroatoms. The van der Waals surface area contributed by atoms with Crippen molar-refractivity contribution in [2.24, 2.45) is 0 Å². The minimum atomic E-state index is -0.782. The molecule has 6 nitrogen and oxygen atoms in total. The summed E-state index contributed by atoms with van der Waals surface area (Å²) in [6.45, 7) is -0.116. The molecule has 84 valence electrons. The minimum absolute atomic E-state index is 0.116. The molecule has 0 atom stereocenters. The number of hydrogen-bond acceptors (Lipinski definition) is 5. The van der Waals surface area contributed by atoms with Gasteiger partial charge in [-0.15, -0.1) is 0 Å². The van der Waals surface area contributed by atoms with Gasteiger partial charge in [-0.2, -0.15) is 0 Å². The van der Waals surface area contributed by atoms with E-state index in [4.69, 9.17) is 5.11 Å². The molecule has 16 heavy (non-hydrogen) atoms. The Morgan fingerprint density at radius 2 is 2.31 bits per heavy atom. The summed E-state index contributed by atoms with van der Waals surface area (Å²) in [5.41, 5.74) is 0.675. The molecule has 0 saturated carbocycles. The van der Waals surface area contributed by atoms with Gasteiger partial charge in [-0.05, 0) is 17.7 Å². The molecule has 0 amide bonds. The summed E-state index contributed by atoms with van der Waals surface area (Å²) in [6.07, 6.45) is 1.16. The fourth-order valence-electron chi connectivity index (χ4n) is 1.05. The Balaban J connectivity index is 2.80. The maximum Gasteiger partial charge on any atom is 0.324 e. The number of hydrogen-bond donors (Lipinski definition) is 2. The second-order valence-corrected chi connectivity index (χ2v) is 2.95. The van der Waals surface area contributed by atoms with E-state index in [0.29, 0.717) is 11.3 Å². The van der Waals surface area contributed by atoms with E-state index in [1.807, 2.05) is 0 Å². The van der Waals surface area contributed by atoms with E-state index >= 15 is 0 Å². The van der Waals surface area contributed by atoms with Gasteiger partial charge in [-0.3, -0.25) is 14.9 Å². The Hall–Kier alpha value is -2.21. The number of rotatable bonds is 5. The van der Waals surface area contributed by atoms with Gasteiger partial charge in [-0.1, -0.05) is 12.1 Å². The molecule has 0 heterocycles. The molecule has 0 aliphatic carbocycles. The number of nitro groups is 1. The second-order valence-electron chi connectivity index (χ2n) is 2.95. The molecule has 1 aromatic carbocycles. The van der Waals surface area contributed by atoms with Crippen molar-refractivity contribution >= 4 is 12.0 Å². The zero-order valence-corrected chi connectivity index (χ0v) is 8.29. The standard InChI is InChI=1S/C10H10N2O4/c13-6-8-2-1-3-9(4-8)11-5-10(7-14)12(15)16/h1-5,7,11,13H,6H2. The van der Waals surface area contributed by atoms with Crippen LogP contribution in [0.2, 0.25) is 0 Å². The summed E-state index contributed by atoms with van der Waals surface area (Å²) < 4.78 is 0. The van der Waals surface area contributed by atoms with Gasteiger partial charge in [0.15, 0.2) is 0 Å². The van der Waals surface area contributed by atoms with E-state index in [9.17, 15) is 14.9 Å². The van der Waals surface area contributed by atoms with Crippen LogP contribution in [0.25, 0.3) is 0 Å². The Morgan fingerprint density at radius 1 is 1.56 bits per heavy atom. The molecule has 0 saturated heterocycles. The van der Waals surface area contributed by atoms with Crippen molar-refractivity contribution in [1.29, 1.82) is 0 Å². The van der Waals surface area contributed by atoms with E-state index in [-0.39, 0.29) is 12.9 Å². The van der Waals surface area contributed by atoms with Gasteiger partial charge in [0.05, 0.1) is 17.7 Å². The average molecular weight is 222 g/mol. The third-order valence-electron chi connectivity index (χ3n) is 1.83. The predicted octanol–water partition coefficient (Wildman–Crippen LogP) is 0.908. The van der Waals surface area contributed by atoms with E-state index in [1.54, 1.807) is 24.3 Å². The highest BCUT2D eigenvalue weighted by Crippen LogP contribution is 2.10. The number of allylic oxidation sites excluding steroid dienone is 1. The van der Waals surface area contributed by atoms with Crippen LogP contribution in [0, 0.1) is 10.1 Å². The van der Waals surface area contributed by atoms with Gasteiger partial charge in [0.2, 0.25) is 6.29 Å². The number of carbonyl (C=O) groups excluding carboxylic acids is 1. The number of carbonyl (C=O) groups is 1. The van der Waals surface area contributed by atoms with E-state index < -0.39 is 10.6 Å². The highest BCUT2D eigenvalue weighted by atomic mass is 16.6. The first kappa shape index (κ1) is 11.9. The fourth-order valence-corrected chi connectivity index (χ4v) is 1.05. The average Bonchev–Trinajstić information content (AvgIpc) is 2.29. The van der Waals surface area contributed by atoms with Crippen molar-refractivity contribution < 1.29 is 14.8 Å². The van der Waals surface area contributed by atoms with Crippen molar-refractivity contribution in [2.45, 2.75) is 6.61 Å². The molecule has 1 aromatic rings. The molecule has 0 fully saturated rings. The Kier molecular flexibility index (Phi) is 4.16. The monoisotopic (exact) mass is 222 g/mol.